The van der Waals surface area contributed by atoms with E-state index in [4.69, 9.17) is 0 Å². The maximum absolute atomic E-state index is 11.9. The van der Waals surface area contributed by atoms with Crippen LogP contribution in [0.25, 0.3) is 0 Å². The average Bonchev–Trinajstić information content (AvgIpc) is 2.24. The molecular weight excluding hydrogens is 366 g/mol. The van der Waals surface area contributed by atoms with Gasteiger partial charge < -0.3 is 4.90 Å². The highest BCUT2D eigenvalue weighted by atomic mass is 79.9. The van der Waals surface area contributed by atoms with Crippen LogP contribution in [0, 0.1) is 0 Å². The monoisotopic (exact) mass is 383 g/mol. The molecule has 0 aliphatic heterocycles. The fourth-order valence-corrected chi connectivity index (χ4v) is 3.91. The number of halogens is 1. The molecule has 1 atom stereocenters. The zero-order chi connectivity index (χ0) is 15.7. The smallest absolute Gasteiger partial charge is 0.177 e. The number of rotatable bonds is 5. The molecule has 0 aromatic heterocycles. The van der Waals surface area contributed by atoms with Gasteiger partial charge in [0.1, 0.15) is 0 Å². The Morgan fingerprint density at radius 1 is 1.15 bits per heavy atom. The van der Waals surface area contributed by atoms with Crippen molar-refractivity contribution in [2.24, 2.45) is 0 Å². The summed E-state index contributed by atoms with van der Waals surface area (Å²) in [4.78, 5) is 1.98. The quantitative estimate of drug-likeness (QED) is 0.723. The Morgan fingerprint density at radius 2 is 1.70 bits per heavy atom. The van der Waals surface area contributed by atoms with Gasteiger partial charge in [0.25, 0.3) is 0 Å². The van der Waals surface area contributed by atoms with Crippen molar-refractivity contribution in [2.75, 3.05) is 31.0 Å². The lowest BCUT2D eigenvalue weighted by Gasteiger charge is -2.23. The summed E-state index contributed by atoms with van der Waals surface area (Å²) in [6.07, 6.45) is 2.13. The third kappa shape index (κ3) is 4.46. The van der Waals surface area contributed by atoms with Crippen molar-refractivity contribution in [2.45, 2.75) is 21.5 Å². The van der Waals surface area contributed by atoms with E-state index in [1.165, 1.54) is 18.2 Å². The van der Waals surface area contributed by atoms with Gasteiger partial charge in [-0.2, -0.15) is 0 Å². The van der Waals surface area contributed by atoms with Gasteiger partial charge in [-0.05, 0) is 18.2 Å². The number of hydrogen-bond acceptors (Lipinski definition) is 5. The molecule has 0 bridgehead atoms. The van der Waals surface area contributed by atoms with Crippen molar-refractivity contribution in [1.82, 2.24) is 0 Å². The molecule has 0 saturated heterocycles. The molecule has 0 saturated carbocycles. The van der Waals surface area contributed by atoms with E-state index >= 15 is 0 Å². The van der Waals surface area contributed by atoms with Crippen LogP contribution < -0.4 is 4.90 Å². The molecule has 0 heterocycles. The van der Waals surface area contributed by atoms with Gasteiger partial charge in [-0.25, -0.2) is 16.8 Å². The predicted octanol–water partition coefficient (Wildman–Crippen LogP) is 1.71. The van der Waals surface area contributed by atoms with Gasteiger partial charge in [-0.3, -0.25) is 0 Å². The second-order valence-corrected chi connectivity index (χ2v) is 10.4. The second kappa shape index (κ2) is 6.03. The molecule has 0 N–H and O–H groups in total. The molecule has 0 spiro atoms. The zero-order valence-electron chi connectivity index (χ0n) is 11.8. The maximum atomic E-state index is 11.9. The lowest BCUT2D eigenvalue weighted by atomic mass is 10.3. The van der Waals surface area contributed by atoms with Crippen molar-refractivity contribution >= 4 is 41.3 Å². The van der Waals surface area contributed by atoms with E-state index in [1.54, 1.807) is 11.9 Å². The molecule has 5 nitrogen and oxygen atoms in total. The van der Waals surface area contributed by atoms with Crippen molar-refractivity contribution in [3.05, 3.63) is 18.2 Å². The Balaban J connectivity index is 3.47. The normalized spacial score (nSPS) is 14.1. The molecule has 0 aliphatic carbocycles. The Kier molecular flexibility index (Phi) is 5.26. The van der Waals surface area contributed by atoms with Crippen LogP contribution in [0.1, 0.15) is 6.92 Å². The molecule has 0 fully saturated rings. The Morgan fingerprint density at radius 3 is 2.10 bits per heavy atom. The molecule has 0 radical (unpaired) electrons. The fourth-order valence-electron chi connectivity index (χ4n) is 1.81. The fraction of sp³-hybridized carbons (Fsp3) is 0.500. The minimum atomic E-state index is -3.52. The number of alkyl halides is 1. The predicted molar refractivity (Wildman–Crippen MR) is 84.3 cm³/mol. The Labute approximate surface area is 128 Å². The first kappa shape index (κ1) is 17.5. The molecule has 20 heavy (non-hydrogen) atoms. The van der Waals surface area contributed by atoms with Crippen molar-refractivity contribution in [3.8, 4) is 0 Å². The first-order valence-corrected chi connectivity index (χ1v) is 10.5. The molecule has 1 rings (SSSR count). The van der Waals surface area contributed by atoms with E-state index in [2.05, 4.69) is 15.9 Å². The summed E-state index contributed by atoms with van der Waals surface area (Å²) in [6.45, 7) is 2.54. The zero-order valence-corrected chi connectivity index (χ0v) is 15.0. The second-order valence-electron chi connectivity index (χ2n) is 4.84. The maximum Gasteiger partial charge on any atom is 0.177 e. The highest BCUT2D eigenvalue weighted by molar-refractivity contribution is 9.09. The van der Waals surface area contributed by atoms with Gasteiger partial charge in [-0.15, -0.1) is 0 Å². The van der Waals surface area contributed by atoms with Crippen LogP contribution in [0.2, 0.25) is 0 Å². The minimum Gasteiger partial charge on any atom is -0.372 e. The molecule has 1 aromatic rings. The molecule has 8 heteroatoms. The van der Waals surface area contributed by atoms with Gasteiger partial charge >= 0.3 is 0 Å². The van der Waals surface area contributed by atoms with E-state index in [0.29, 0.717) is 12.2 Å². The van der Waals surface area contributed by atoms with Crippen LogP contribution in [-0.2, 0) is 19.7 Å². The lowest BCUT2D eigenvalue weighted by molar-refractivity contribution is 0.600. The molecule has 1 unspecified atom stereocenters. The molecule has 114 valence electrons. The third-order valence-corrected chi connectivity index (χ3v) is 5.22. The summed E-state index contributed by atoms with van der Waals surface area (Å²) in [5, 5.41) is 0. The summed E-state index contributed by atoms with van der Waals surface area (Å²) in [7, 11) is -5.20. The summed E-state index contributed by atoms with van der Waals surface area (Å²) in [5.74, 6) is 0. The van der Waals surface area contributed by atoms with E-state index in [-0.39, 0.29) is 14.6 Å². The van der Waals surface area contributed by atoms with Gasteiger partial charge in [0.05, 0.1) is 15.5 Å². The highest BCUT2D eigenvalue weighted by Gasteiger charge is 2.20. The minimum absolute atomic E-state index is 0.00182. The molecule has 1 aromatic carbocycles. The van der Waals surface area contributed by atoms with E-state index in [9.17, 15) is 16.8 Å². The average molecular weight is 384 g/mol. The molecule has 0 amide bonds. The van der Waals surface area contributed by atoms with Gasteiger partial charge in [0, 0.05) is 30.9 Å². The van der Waals surface area contributed by atoms with Crippen LogP contribution in [0.4, 0.5) is 5.69 Å². The Hall–Kier alpha value is -0.600. The van der Waals surface area contributed by atoms with Crippen LogP contribution in [0.5, 0.6) is 0 Å². The van der Waals surface area contributed by atoms with E-state index in [0.717, 1.165) is 12.5 Å². The topological polar surface area (TPSA) is 71.5 Å². The van der Waals surface area contributed by atoms with Crippen molar-refractivity contribution in [3.63, 3.8) is 0 Å². The van der Waals surface area contributed by atoms with Crippen molar-refractivity contribution in [1.29, 1.82) is 0 Å². The molecule has 0 aliphatic rings. The van der Waals surface area contributed by atoms with E-state index < -0.39 is 19.7 Å². The first-order chi connectivity index (χ1) is 8.93. The largest absolute Gasteiger partial charge is 0.372 e. The third-order valence-electron chi connectivity index (χ3n) is 2.70. The molecular formula is C12H18BrNO4S2. The number of nitrogens with zero attached hydrogens (tertiary/aromatic N) is 1. The number of benzene rings is 1. The van der Waals surface area contributed by atoms with Crippen LogP contribution >= 0.6 is 15.9 Å². The number of sulfone groups is 2. The highest BCUT2D eigenvalue weighted by Crippen LogP contribution is 2.28. The first-order valence-electron chi connectivity index (χ1n) is 5.82. The SMILES string of the molecule is CC(Br)CN(C)c1ccc(S(C)(=O)=O)cc1S(C)(=O)=O. The van der Waals surface area contributed by atoms with Gasteiger partial charge in [0.2, 0.25) is 0 Å². The van der Waals surface area contributed by atoms with Crippen LogP contribution in [-0.4, -0.2) is 47.8 Å². The lowest BCUT2D eigenvalue weighted by Crippen LogP contribution is -2.25. The van der Waals surface area contributed by atoms with Crippen LogP contribution in [0.3, 0.4) is 0 Å². The summed E-state index contributed by atoms with van der Waals surface area (Å²) >= 11 is 3.41. The van der Waals surface area contributed by atoms with E-state index in [1.807, 2.05) is 6.92 Å². The number of anilines is 1. The standard InChI is InChI=1S/C12H18BrNO4S2/c1-9(13)8-14(2)11-6-5-10(19(3,15)16)7-12(11)20(4,17)18/h5-7,9H,8H2,1-4H3. The van der Waals surface area contributed by atoms with Gasteiger partial charge in [0.15, 0.2) is 19.7 Å². The summed E-state index contributed by atoms with van der Waals surface area (Å²) in [6, 6.07) is 4.17. The Bertz CT molecular complexity index is 696. The van der Waals surface area contributed by atoms with Crippen LogP contribution in [0.15, 0.2) is 28.0 Å². The van der Waals surface area contributed by atoms with Crippen molar-refractivity contribution < 1.29 is 16.8 Å². The van der Waals surface area contributed by atoms with Gasteiger partial charge in [-0.1, -0.05) is 22.9 Å². The summed E-state index contributed by atoms with van der Waals surface area (Å²) in [5.41, 5.74) is 0.492. The summed E-state index contributed by atoms with van der Waals surface area (Å²) < 4.78 is 46.9. The number of hydrogen-bond donors (Lipinski definition) is 0.